The molecule has 28 N–H and O–H groups in total. The van der Waals surface area contributed by atoms with Crippen molar-refractivity contribution in [3.8, 4) is 5.75 Å². The van der Waals surface area contributed by atoms with E-state index in [-0.39, 0.29) is 126 Å². The molecule has 0 bridgehead atoms. The first kappa shape index (κ1) is 85.4. The van der Waals surface area contributed by atoms with Crippen LogP contribution in [0.1, 0.15) is 143 Å². The van der Waals surface area contributed by atoms with Gasteiger partial charge in [0.15, 0.2) is 17.9 Å². The lowest BCUT2D eigenvalue weighted by molar-refractivity contribution is -0.142. The lowest BCUT2D eigenvalue weighted by Gasteiger charge is -2.32. The van der Waals surface area contributed by atoms with Gasteiger partial charge in [-0.3, -0.25) is 67.7 Å². The molecule has 101 heavy (non-hydrogen) atoms. The number of phenols is 1. The predicted octanol–water partition coefficient (Wildman–Crippen LogP) is -3.60. The van der Waals surface area contributed by atoms with Crippen LogP contribution in [0.25, 0.3) is 0 Å². The average Bonchev–Trinajstić information content (AvgIpc) is 1.79. The number of nitrogens with one attached hydrogen (secondary N) is 9. The number of nitrogens with two attached hydrogens (primary N) is 9. The molecule has 0 radical (unpaired) electrons. The fraction of sp³-hybridized carbons (Fsp3) is 0.612. The van der Waals surface area contributed by atoms with Gasteiger partial charge in [0.05, 0.1) is 12.6 Å². The molecular weight excluding hydrogens is 1300 g/mol. The molecule has 34 nitrogen and oxygen atoms in total. The van der Waals surface area contributed by atoms with Gasteiger partial charge in [0, 0.05) is 32.6 Å². The highest BCUT2D eigenvalue weighted by Gasteiger charge is 2.41. The SMILES string of the molecule is CC[C@H](C)[C@H](NC(=O)CNC(=O)[C@@H](N)Cc1ccc(O)cc1)C(=O)N[C@@H](Cc1ccccc1)C(=O)N[C@@H](CC(C)C)C(=O)N[C@@H](CCCN=C(N)N)C(=O)N[C@@H](CCCN=C(N)N)C(=O)N[C@H](C(=O)N[C@@H](CCCN=C(N)N)C(=O)N1CCC[C@H]1C(=O)N[C@@H](CCCCN)C(N)=O)[C@@H](C)CC. The van der Waals surface area contributed by atoms with Crippen molar-refractivity contribution in [2.45, 2.75) is 205 Å². The number of aromatic hydroxyl groups is 1. The molecule has 0 aliphatic carbocycles. The maximum atomic E-state index is 14.9. The molecule has 562 valence electrons. The van der Waals surface area contributed by atoms with E-state index in [4.69, 9.17) is 51.6 Å². The van der Waals surface area contributed by atoms with Gasteiger partial charge in [0.1, 0.15) is 60.1 Å². The van der Waals surface area contributed by atoms with Crippen molar-refractivity contribution in [1.29, 1.82) is 0 Å². The number of hydrogen-bond donors (Lipinski definition) is 19. The Hall–Kier alpha value is -9.86. The van der Waals surface area contributed by atoms with E-state index in [9.17, 15) is 57.8 Å². The Morgan fingerprint density at radius 1 is 0.515 bits per heavy atom. The topological polar surface area (TPSA) is 591 Å². The summed E-state index contributed by atoms with van der Waals surface area (Å²) in [5, 5.41) is 34.2. The Labute approximate surface area is 591 Å². The molecule has 1 saturated heterocycles. The zero-order chi connectivity index (χ0) is 75.3. The number of benzene rings is 2. The van der Waals surface area contributed by atoms with Crippen molar-refractivity contribution in [2.24, 2.45) is 84.3 Å². The molecule has 0 aromatic heterocycles. The summed E-state index contributed by atoms with van der Waals surface area (Å²) in [6, 6.07) is 2.30. The molecular formula is C67H112N22O12. The summed E-state index contributed by atoms with van der Waals surface area (Å²) in [4.78, 5) is 169. The molecule has 2 aromatic rings. The van der Waals surface area contributed by atoms with Gasteiger partial charge < -0.3 is 109 Å². The molecule has 3 rings (SSSR count). The number of carbonyl (C=O) groups is 11. The summed E-state index contributed by atoms with van der Waals surface area (Å²) in [7, 11) is 0. The third-order valence-electron chi connectivity index (χ3n) is 17.2. The van der Waals surface area contributed by atoms with E-state index >= 15 is 0 Å². The van der Waals surface area contributed by atoms with Crippen LogP contribution < -0.4 is 99.5 Å². The third kappa shape index (κ3) is 31.5. The van der Waals surface area contributed by atoms with Crippen molar-refractivity contribution in [3.63, 3.8) is 0 Å². The van der Waals surface area contributed by atoms with Crippen molar-refractivity contribution < 1.29 is 57.8 Å². The smallest absolute Gasteiger partial charge is 0.245 e. The molecule has 0 unspecified atom stereocenters. The van der Waals surface area contributed by atoms with Gasteiger partial charge in [-0.15, -0.1) is 0 Å². The Bertz CT molecular complexity index is 3110. The Morgan fingerprint density at radius 3 is 1.48 bits per heavy atom. The van der Waals surface area contributed by atoms with Crippen LogP contribution in [-0.4, -0.2) is 193 Å². The number of unbranched alkanes of at least 4 members (excludes halogenated alkanes) is 1. The summed E-state index contributed by atoms with van der Waals surface area (Å²) < 4.78 is 0. The standard InChI is InChI=1S/C67H112N22O12/c1-7-39(5)53(87-52(91)37-80-56(93)44(69)35-42-25-27-43(90)28-26-42)62(99)86-50(36-41-18-10-9-11-19-41)60(97)85-49(34-38(3)4)59(96)83-46(21-14-30-77-65(71)72)57(94)82-47(22-15-31-78-66(73)74)58(95)88-54(40(6)8-2)63(100)84-48(23-16-32-79-67(75)76)64(101)89-33-17-24-51(89)61(98)81-45(55(70)92)20-12-13-29-68/h9-11,18-19,25-28,38-40,44-51,53-54,90H,7-8,12-17,20-24,29-37,68-69H2,1-6H3,(H2,70,92)(H,80,93)(H,81,98)(H,82,94)(H,83,96)(H,84,100)(H,85,97)(H,86,99)(H,87,91)(H,88,95)(H4,71,72,77)(H4,73,74,78)(H4,75,76,79)/t39-,40-,44-,45-,46-,47-,48-,49-,50-,51-,53-,54-/m0/s1. The Morgan fingerprint density at radius 2 is 0.970 bits per heavy atom. The van der Waals surface area contributed by atoms with E-state index in [0.717, 1.165) is 0 Å². The van der Waals surface area contributed by atoms with E-state index in [2.05, 4.69) is 62.8 Å². The second-order valence-electron chi connectivity index (χ2n) is 25.9. The minimum absolute atomic E-state index is 0.000889. The van der Waals surface area contributed by atoms with Crippen LogP contribution in [-0.2, 0) is 65.6 Å². The lowest BCUT2D eigenvalue weighted by atomic mass is 9.96. The summed E-state index contributed by atoms with van der Waals surface area (Å²) in [5.74, 6) is -10.3. The highest BCUT2D eigenvalue weighted by atomic mass is 16.3. The molecule has 1 heterocycles. The number of aliphatic imine (C=N–C) groups is 3. The number of guanidine groups is 3. The maximum Gasteiger partial charge on any atom is 0.245 e. The van der Waals surface area contributed by atoms with Crippen molar-refractivity contribution in [3.05, 3.63) is 65.7 Å². The molecule has 12 atom stereocenters. The molecule has 0 saturated carbocycles. The zero-order valence-electron chi connectivity index (χ0n) is 59.2. The van der Waals surface area contributed by atoms with Crippen LogP contribution in [0.5, 0.6) is 5.75 Å². The van der Waals surface area contributed by atoms with Gasteiger partial charge in [-0.05, 0) is 131 Å². The Kier molecular flexibility index (Phi) is 38.0. The van der Waals surface area contributed by atoms with E-state index in [1.54, 1.807) is 84.0 Å². The molecule has 2 aromatic carbocycles. The normalized spacial score (nSPS) is 15.9. The highest BCUT2D eigenvalue weighted by molar-refractivity contribution is 5.99. The minimum Gasteiger partial charge on any atom is -0.508 e. The van der Waals surface area contributed by atoms with Crippen molar-refractivity contribution in [2.75, 3.05) is 39.3 Å². The fourth-order valence-electron chi connectivity index (χ4n) is 11.1. The summed E-state index contributed by atoms with van der Waals surface area (Å²) >= 11 is 0. The second kappa shape index (κ2) is 45.0. The number of amides is 11. The number of phenolic OH excluding ortho intramolecular Hbond substituents is 1. The highest BCUT2D eigenvalue weighted by Crippen LogP contribution is 2.22. The summed E-state index contributed by atoms with van der Waals surface area (Å²) in [5.41, 5.74) is 52.4. The Balaban J connectivity index is 1.98. The molecule has 0 spiro atoms. The predicted molar refractivity (Wildman–Crippen MR) is 383 cm³/mol. The van der Waals surface area contributed by atoms with Crippen molar-refractivity contribution in [1.82, 2.24) is 52.8 Å². The molecule has 1 aliphatic heterocycles. The van der Waals surface area contributed by atoms with Crippen LogP contribution in [0.15, 0.2) is 69.6 Å². The van der Waals surface area contributed by atoms with Gasteiger partial charge in [0.2, 0.25) is 65.0 Å². The van der Waals surface area contributed by atoms with Crippen LogP contribution in [0, 0.1) is 17.8 Å². The van der Waals surface area contributed by atoms with E-state index < -0.39 is 144 Å². The van der Waals surface area contributed by atoms with Gasteiger partial charge in [-0.25, -0.2) is 0 Å². The van der Waals surface area contributed by atoms with Crippen LogP contribution in [0.4, 0.5) is 0 Å². The van der Waals surface area contributed by atoms with Crippen LogP contribution in [0.3, 0.4) is 0 Å². The molecule has 11 amide bonds. The third-order valence-corrected chi connectivity index (χ3v) is 17.2. The quantitative estimate of drug-likeness (QED) is 0.0173. The lowest BCUT2D eigenvalue weighted by Crippen LogP contribution is -2.61. The molecule has 34 heteroatoms. The van der Waals surface area contributed by atoms with Gasteiger partial charge >= 0.3 is 0 Å². The number of hydrogen-bond acceptors (Lipinski definition) is 17. The first-order valence-electron chi connectivity index (χ1n) is 34.6. The largest absolute Gasteiger partial charge is 0.508 e. The van der Waals surface area contributed by atoms with Crippen LogP contribution >= 0.6 is 0 Å². The van der Waals surface area contributed by atoms with E-state index in [1.165, 1.54) is 17.0 Å². The second-order valence-corrected chi connectivity index (χ2v) is 25.9. The number of nitrogens with zero attached hydrogens (tertiary/aromatic N) is 4. The minimum atomic E-state index is -1.44. The number of likely N-dealkylation sites (tertiary alicyclic amines) is 1. The number of rotatable bonds is 46. The van der Waals surface area contributed by atoms with Gasteiger partial charge in [-0.1, -0.05) is 96.8 Å². The first-order valence-corrected chi connectivity index (χ1v) is 34.6. The molecule has 1 aliphatic rings. The maximum absolute atomic E-state index is 14.9. The van der Waals surface area contributed by atoms with Crippen LogP contribution in [0.2, 0.25) is 0 Å². The molecule has 1 fully saturated rings. The van der Waals surface area contributed by atoms with E-state index in [1.807, 2.05) is 0 Å². The monoisotopic (exact) mass is 1420 g/mol. The first-order chi connectivity index (χ1) is 47.9. The summed E-state index contributed by atoms with van der Waals surface area (Å²) in [6.07, 6.45) is 2.88. The van der Waals surface area contributed by atoms with Crippen molar-refractivity contribution >= 4 is 82.9 Å². The van der Waals surface area contributed by atoms with Gasteiger partial charge in [-0.2, -0.15) is 0 Å². The summed E-state index contributed by atoms with van der Waals surface area (Å²) in [6.45, 7) is 10.6. The number of carbonyl (C=O) groups excluding carboxylic acids is 11. The average molecular weight is 1420 g/mol. The number of primary amides is 1. The fourth-order valence-corrected chi connectivity index (χ4v) is 11.1. The van der Waals surface area contributed by atoms with E-state index in [0.29, 0.717) is 49.8 Å². The van der Waals surface area contributed by atoms with Gasteiger partial charge in [0.25, 0.3) is 0 Å². The zero-order valence-corrected chi connectivity index (χ0v) is 59.2.